The van der Waals surface area contributed by atoms with Gasteiger partial charge in [0.2, 0.25) is 0 Å². The zero-order valence-corrected chi connectivity index (χ0v) is 74.7. The second-order valence-corrected chi connectivity index (χ2v) is 36.7. The summed E-state index contributed by atoms with van der Waals surface area (Å²) in [4.78, 5) is 145. The average Bonchev–Trinajstić information content (AvgIpc) is 1.16. The van der Waals surface area contributed by atoms with Gasteiger partial charge in [-0.2, -0.15) is 15.0 Å². The first kappa shape index (κ1) is 88.9. The number of hydrogen-bond donors (Lipinski definition) is 3. The van der Waals surface area contributed by atoms with Gasteiger partial charge in [-0.3, -0.25) is 14.4 Å². The predicted molar refractivity (Wildman–Crippen MR) is 488 cm³/mol. The number of nitrogens with zero attached hydrogens (tertiary/aromatic N) is 21. The van der Waals surface area contributed by atoms with Gasteiger partial charge in [0.05, 0.1) is 116 Å². The van der Waals surface area contributed by atoms with E-state index < -0.39 is 75.8 Å². The minimum absolute atomic E-state index is 0.0258. The van der Waals surface area contributed by atoms with Crippen molar-refractivity contribution in [3.63, 3.8) is 0 Å². The standard InChI is InChI=1S/C32H30ClF2N7O3.C31H29ClF2N8O2.C31H28ClF2N7O3/c1-15-13-41(31(44)17(3)34)16(2)12-40(15)29-20-11-21(33)27(24-22(35)5-4-6-23(24)43)38-30(20)42(32(45)39-29)28-25(18-7-8-18)36-14-37-26(28)19-9-10-19;1-15-13-40(30(43)16(2)33)10-11-41(15)28-19-12-20(32)26(23-21(34)4-3-5-22(23)35)38-29(19)42(31(44)39-28)27-24(17-6-7-17)36-14-37-25(27)18-8-9-18;1-15-13-39(30(43)16(2)33)10-11-40(15)28-19-12-20(32)26(23-21(34)4-3-5-22(23)42)37-29(19)41(31(44)38-28)27-24(17-6-7-17)35-14-36-25(27)18-8-9-18/h4-6,11,14-16,18-19,43H,3,7-10,12-13H2,1-2H3;3-5,12,14-15,17-18H,2,6-11,13,35H2,1H3;3-5,12,14-15,17-18,42H,2,6-11,13H2,1H3/t15-,16+;2*15-/m000/s1. The number of anilines is 4. The van der Waals surface area contributed by atoms with Gasteiger partial charge in [0, 0.05) is 118 Å². The largest absolute Gasteiger partial charge is 0.507 e. The van der Waals surface area contributed by atoms with Crippen LogP contribution >= 0.6 is 34.8 Å². The molecule has 9 fully saturated rings. The molecule has 12 aromatic rings. The van der Waals surface area contributed by atoms with E-state index in [4.69, 9.17) is 55.5 Å². The number of phenols is 2. The highest BCUT2D eigenvalue weighted by atomic mass is 35.5. The number of nitrogens with two attached hydrogens (primary N) is 1. The lowest BCUT2D eigenvalue weighted by atomic mass is 10.1. The van der Waals surface area contributed by atoms with Gasteiger partial charge >= 0.3 is 17.1 Å². The van der Waals surface area contributed by atoms with Crippen molar-refractivity contribution in [2.24, 2.45) is 0 Å². The minimum atomic E-state index is -1.04. The van der Waals surface area contributed by atoms with E-state index in [9.17, 15) is 52.2 Å². The molecule has 0 bridgehead atoms. The lowest BCUT2D eigenvalue weighted by molar-refractivity contribution is -0.131. The summed E-state index contributed by atoms with van der Waals surface area (Å²) in [6.45, 7) is 18.3. The number of hydrogen-bond acceptors (Lipinski definition) is 24. The van der Waals surface area contributed by atoms with Crippen molar-refractivity contribution in [3.05, 3.63) is 227 Å². The van der Waals surface area contributed by atoms with Gasteiger partial charge in [-0.25, -0.2) is 99.3 Å². The highest BCUT2D eigenvalue weighted by molar-refractivity contribution is 6.35. The van der Waals surface area contributed by atoms with Crippen LogP contribution in [0.5, 0.6) is 11.5 Å². The van der Waals surface area contributed by atoms with Crippen molar-refractivity contribution in [1.29, 1.82) is 0 Å². The molecule has 6 aliphatic carbocycles. The highest BCUT2D eigenvalue weighted by Crippen LogP contribution is 2.53. The number of fused-ring (bicyclic) bond motifs is 3. The Morgan fingerprint density at radius 1 is 0.391 bits per heavy atom. The Morgan fingerprint density at radius 3 is 0.977 bits per heavy atom. The molecular weight excluding hydrogens is 1790 g/mol. The van der Waals surface area contributed by atoms with E-state index in [1.807, 2.05) is 35.5 Å². The second kappa shape index (κ2) is 35.0. The topological polar surface area (TPSA) is 358 Å². The fourth-order valence-corrected chi connectivity index (χ4v) is 19.1. The normalized spacial score (nSPS) is 19.1. The number of pyridine rings is 3. The van der Waals surface area contributed by atoms with Gasteiger partial charge in [-0.15, -0.1) is 0 Å². The Bertz CT molecular complexity index is 6700. The van der Waals surface area contributed by atoms with E-state index >= 15 is 13.2 Å². The van der Waals surface area contributed by atoms with E-state index in [2.05, 4.69) is 64.6 Å². The lowest BCUT2D eigenvalue weighted by Crippen LogP contribution is -2.58. The van der Waals surface area contributed by atoms with Gasteiger partial charge in [-0.05, 0) is 159 Å². The molecule has 6 saturated carbocycles. The number of carbonyl (C=O) groups is 3. The van der Waals surface area contributed by atoms with Crippen LogP contribution in [-0.2, 0) is 14.4 Å². The molecule has 9 aromatic heterocycles. The number of piperazine rings is 3. The summed E-state index contributed by atoms with van der Waals surface area (Å²) in [5, 5.41) is 22.7. The quantitative estimate of drug-likeness (QED) is 0.0408. The molecule has 3 aromatic carbocycles. The summed E-state index contributed by atoms with van der Waals surface area (Å²) in [5.41, 5.74) is 10.7. The Labute approximate surface area is 770 Å². The number of carbonyl (C=O) groups excluding carboxylic acids is 3. The maximum absolute atomic E-state index is 15.2. The zero-order chi connectivity index (χ0) is 93.5. The minimum Gasteiger partial charge on any atom is -0.507 e. The summed E-state index contributed by atoms with van der Waals surface area (Å²) < 4.78 is 90.8. The molecule has 4 atom stereocenters. The lowest BCUT2D eigenvalue weighted by Gasteiger charge is -2.44. The maximum Gasteiger partial charge on any atom is 0.355 e. The second-order valence-electron chi connectivity index (χ2n) is 35.4. The van der Waals surface area contributed by atoms with E-state index in [1.165, 1.54) is 89.6 Å². The van der Waals surface area contributed by atoms with Crippen LogP contribution in [0.15, 0.2) is 143 Å². The molecule has 0 radical (unpaired) electrons. The molecule has 3 saturated heterocycles. The van der Waals surface area contributed by atoms with Crippen molar-refractivity contribution in [2.75, 3.05) is 72.8 Å². The number of amides is 3. The molecular formula is C94H87Cl3F6N22O8. The van der Waals surface area contributed by atoms with Crippen LogP contribution in [0.1, 0.15) is 174 Å². The molecule has 3 amide bonds. The highest BCUT2D eigenvalue weighted by Gasteiger charge is 2.44. The van der Waals surface area contributed by atoms with Crippen LogP contribution in [0.4, 0.5) is 49.5 Å². The number of phenolic OH excluding ortho intramolecular Hbond substituents is 2. The number of benzene rings is 3. The molecule has 9 aliphatic rings. The zero-order valence-electron chi connectivity index (χ0n) is 72.4. The van der Waals surface area contributed by atoms with Gasteiger partial charge < -0.3 is 45.3 Å². The SMILES string of the molecule is C=C(F)C(=O)N1CCN(c2nc(=O)n(-c3c(C4CC4)ncnc3C3CC3)c3nc(-c4c(N)cccc4F)c(Cl)cc23)[C@@H](C)C1.C=C(F)C(=O)N1CCN(c2nc(=O)n(-c3c(C4CC4)ncnc3C3CC3)c3nc(-c4c(O)cccc4F)c(Cl)cc23)[C@@H](C)C1.C=C(F)C(=O)N1C[C@H](C)N(c2nc(=O)n(-c3c(C4CC4)ncnc3C3CC3)c3nc(-c4c(O)cccc4F)c(Cl)cc23)C[C@H]1C. The van der Waals surface area contributed by atoms with E-state index in [1.54, 1.807) is 37.5 Å². The molecule has 39 heteroatoms. The summed E-state index contributed by atoms with van der Waals surface area (Å²) in [5.74, 6) is -6.41. The molecule has 30 nitrogen and oxygen atoms in total. The average molecular weight is 1870 g/mol. The van der Waals surface area contributed by atoms with Crippen molar-refractivity contribution in [1.82, 2.24) is 88.2 Å². The number of halogens is 9. The smallest absolute Gasteiger partial charge is 0.355 e. The van der Waals surface area contributed by atoms with Crippen LogP contribution in [0, 0.1) is 17.5 Å². The van der Waals surface area contributed by atoms with Gasteiger partial charge in [0.25, 0.3) is 17.7 Å². The maximum atomic E-state index is 15.2. The van der Waals surface area contributed by atoms with E-state index in [0.717, 1.165) is 111 Å². The third-order valence-electron chi connectivity index (χ3n) is 25.8. The van der Waals surface area contributed by atoms with Crippen LogP contribution in [0.2, 0.25) is 15.1 Å². The number of rotatable bonds is 18. The Kier molecular flexibility index (Phi) is 23.4. The van der Waals surface area contributed by atoms with Crippen molar-refractivity contribution >= 4 is 109 Å². The first-order valence-electron chi connectivity index (χ1n) is 44.0. The summed E-state index contributed by atoms with van der Waals surface area (Å²) in [6.07, 6.45) is 15.7. The third-order valence-corrected chi connectivity index (χ3v) is 26.7. The Hall–Kier alpha value is -13.4. The van der Waals surface area contributed by atoms with Crippen molar-refractivity contribution in [3.8, 4) is 62.3 Å². The van der Waals surface area contributed by atoms with E-state index in [0.29, 0.717) is 39.0 Å². The number of aromatic hydroxyl groups is 2. The van der Waals surface area contributed by atoms with Gasteiger partial charge in [0.15, 0.2) is 34.4 Å². The molecule has 0 spiro atoms. The molecule has 4 N–H and O–H groups in total. The molecule has 12 heterocycles. The summed E-state index contributed by atoms with van der Waals surface area (Å²) in [7, 11) is 0. The molecule has 133 heavy (non-hydrogen) atoms. The molecule has 684 valence electrons. The first-order chi connectivity index (χ1) is 63.8. The fourth-order valence-electron chi connectivity index (χ4n) is 18.3. The Balaban J connectivity index is 0.000000129. The van der Waals surface area contributed by atoms with Crippen molar-refractivity contribution < 1.29 is 50.9 Å². The predicted octanol–water partition coefficient (Wildman–Crippen LogP) is 15.3. The molecule has 3 aliphatic heterocycles. The molecule has 21 rings (SSSR count). The third kappa shape index (κ3) is 16.7. The summed E-state index contributed by atoms with van der Waals surface area (Å²) >= 11 is 20.3. The number of nitrogen functional groups attached to an aromatic ring is 1. The molecule has 0 unspecified atom stereocenters. The van der Waals surface area contributed by atoms with Crippen molar-refractivity contribution in [2.45, 2.75) is 164 Å². The van der Waals surface area contributed by atoms with Crippen LogP contribution in [0.3, 0.4) is 0 Å². The summed E-state index contributed by atoms with van der Waals surface area (Å²) in [6, 6.07) is 15.3. The monoisotopic (exact) mass is 1870 g/mol. The Morgan fingerprint density at radius 2 is 0.684 bits per heavy atom. The van der Waals surface area contributed by atoms with E-state index in [-0.39, 0.29) is 201 Å². The fraction of sp³-hybridized carbons (Fsp3) is 0.362. The van der Waals surface area contributed by atoms with Gasteiger partial charge in [0.1, 0.15) is 65.4 Å². The number of aromatic nitrogens is 15. The van der Waals surface area contributed by atoms with Crippen LogP contribution < -0.4 is 37.5 Å². The van der Waals surface area contributed by atoms with Gasteiger partial charge in [-0.1, -0.05) is 72.7 Å². The van der Waals surface area contributed by atoms with Crippen LogP contribution in [-0.4, -0.2) is 193 Å². The first-order valence-corrected chi connectivity index (χ1v) is 45.1. The van der Waals surface area contributed by atoms with Crippen LogP contribution in [0.25, 0.3) is 83.9 Å².